The van der Waals surface area contributed by atoms with E-state index in [1.807, 2.05) is 18.3 Å². The molecule has 2 aliphatic heterocycles. The van der Waals surface area contributed by atoms with Gasteiger partial charge in [-0.2, -0.15) is 9.40 Å². The number of hydrogen-bond acceptors (Lipinski definition) is 5. The lowest BCUT2D eigenvalue weighted by molar-refractivity contribution is 0.191. The van der Waals surface area contributed by atoms with Crippen LogP contribution in [0.3, 0.4) is 0 Å². The Bertz CT molecular complexity index is 1200. The largest absolute Gasteiger partial charge is 0.326 e. The van der Waals surface area contributed by atoms with Crippen LogP contribution in [-0.2, 0) is 10.0 Å². The second-order valence-corrected chi connectivity index (χ2v) is 9.25. The van der Waals surface area contributed by atoms with Crippen molar-refractivity contribution < 1.29 is 13.2 Å². The number of sulfonamides is 1. The number of pyridine rings is 1. The lowest BCUT2D eigenvalue weighted by atomic mass is 10.2. The number of anilines is 1. The van der Waals surface area contributed by atoms with Gasteiger partial charge < -0.3 is 4.90 Å². The molecule has 0 aliphatic carbocycles. The molecule has 0 unspecified atom stereocenters. The van der Waals surface area contributed by atoms with Gasteiger partial charge in [0, 0.05) is 51.0 Å². The average Bonchev–Trinajstić information content (AvgIpc) is 3.27. The first-order valence-corrected chi connectivity index (χ1v) is 10.8. The molecule has 3 aromatic rings. The van der Waals surface area contributed by atoms with E-state index >= 15 is 0 Å². The van der Waals surface area contributed by atoms with E-state index in [2.05, 4.69) is 10.1 Å². The zero-order valence-electron chi connectivity index (χ0n) is 15.8. The smallest absolute Gasteiger partial charge is 0.324 e. The lowest BCUT2D eigenvalue weighted by Crippen LogP contribution is -2.50. The highest BCUT2D eigenvalue weighted by atomic mass is 32.2. The summed E-state index contributed by atoms with van der Waals surface area (Å²) in [6, 6.07) is 8.71. The molecule has 150 valence electrons. The van der Waals surface area contributed by atoms with Crippen molar-refractivity contribution >= 4 is 32.6 Å². The number of carbonyl (C=O) groups is 1. The summed E-state index contributed by atoms with van der Waals surface area (Å²) in [5.74, 6) is 0. The average molecular weight is 412 g/mol. The highest BCUT2D eigenvalue weighted by Crippen LogP contribution is 2.31. The van der Waals surface area contributed by atoms with Gasteiger partial charge in [0.05, 0.1) is 23.4 Å². The molecule has 0 saturated carbocycles. The quantitative estimate of drug-likeness (QED) is 0.648. The normalized spacial score (nSPS) is 18.6. The van der Waals surface area contributed by atoms with E-state index < -0.39 is 10.0 Å². The van der Waals surface area contributed by atoms with E-state index in [0.717, 1.165) is 11.1 Å². The zero-order valence-corrected chi connectivity index (χ0v) is 16.7. The van der Waals surface area contributed by atoms with Crippen LogP contribution < -0.4 is 4.90 Å². The van der Waals surface area contributed by atoms with Gasteiger partial charge in [-0.25, -0.2) is 13.2 Å². The Labute approximate surface area is 168 Å². The van der Waals surface area contributed by atoms with Crippen LogP contribution in [0.1, 0.15) is 6.04 Å². The highest BCUT2D eigenvalue weighted by molar-refractivity contribution is 7.89. The first kappa shape index (κ1) is 18.1. The maximum absolute atomic E-state index is 13.1. The molecule has 2 aliphatic rings. The molecule has 0 radical (unpaired) electrons. The van der Waals surface area contributed by atoms with Crippen molar-refractivity contribution in [2.24, 2.45) is 0 Å². The first-order chi connectivity index (χ1) is 13.9. The zero-order chi connectivity index (χ0) is 20.2. The topological polar surface area (TPSA) is 91.6 Å². The van der Waals surface area contributed by atoms with Gasteiger partial charge in [0.15, 0.2) is 0 Å². The lowest BCUT2D eigenvalue weighted by Gasteiger charge is -2.38. The summed E-state index contributed by atoms with van der Waals surface area (Å²) in [5.41, 5.74) is 1.22. The molecule has 0 spiro atoms. The second kappa shape index (κ2) is 6.53. The van der Waals surface area contributed by atoms with Gasteiger partial charge >= 0.3 is 6.03 Å². The minimum absolute atomic E-state index is 0.0502. The maximum Gasteiger partial charge on any atom is 0.324 e. The third-order valence-corrected chi connectivity index (χ3v) is 7.40. The predicted octanol–water partition coefficient (Wildman–Crippen LogP) is 1.55. The van der Waals surface area contributed by atoms with E-state index in [0.29, 0.717) is 31.7 Å². The van der Waals surface area contributed by atoms with E-state index in [1.54, 1.807) is 52.1 Å². The molecule has 2 saturated heterocycles. The number of hydrogen-bond donors (Lipinski definition) is 0. The Morgan fingerprint density at radius 1 is 1.10 bits per heavy atom. The van der Waals surface area contributed by atoms with Crippen LogP contribution in [0, 0.1) is 0 Å². The fourth-order valence-electron chi connectivity index (χ4n) is 3.76. The molecule has 1 aromatic carbocycles. The van der Waals surface area contributed by atoms with Crippen LogP contribution in [0.2, 0.25) is 0 Å². The van der Waals surface area contributed by atoms with Crippen molar-refractivity contribution in [3.05, 3.63) is 48.9 Å². The number of fused-ring (bicyclic) bond motifs is 1. The van der Waals surface area contributed by atoms with Gasteiger partial charge in [0.2, 0.25) is 10.0 Å². The second-order valence-electron chi connectivity index (χ2n) is 7.34. The molecular weight excluding hydrogens is 392 g/mol. The minimum Gasteiger partial charge on any atom is -0.326 e. The fraction of sp³-hybridized carbons (Fsp3) is 0.316. The minimum atomic E-state index is -3.64. The number of para-hydroxylation sites is 1. The van der Waals surface area contributed by atoms with Crippen LogP contribution in [0.25, 0.3) is 10.9 Å². The standard InChI is InChI=1S/C19H20N6O3S/c1-22-8-9-24(19(22)26)15-10-21-25(13-15)16-11-23(12-16)29(27,28)17-6-2-4-14-5-3-7-20-18(14)17/h2-7,10,13,16H,8-9,11-12H2,1H3. The summed E-state index contributed by atoms with van der Waals surface area (Å²) in [6.45, 7) is 1.97. The molecule has 2 fully saturated rings. The highest BCUT2D eigenvalue weighted by Gasteiger charge is 2.39. The first-order valence-electron chi connectivity index (χ1n) is 9.36. The van der Waals surface area contributed by atoms with Crippen LogP contribution in [0.15, 0.2) is 53.8 Å². The van der Waals surface area contributed by atoms with Crippen molar-refractivity contribution in [2.75, 3.05) is 38.1 Å². The molecule has 2 amide bonds. The van der Waals surface area contributed by atoms with Gasteiger partial charge in [-0.1, -0.05) is 18.2 Å². The molecule has 9 nitrogen and oxygen atoms in total. The van der Waals surface area contributed by atoms with Crippen molar-refractivity contribution in [3.63, 3.8) is 0 Å². The molecule has 29 heavy (non-hydrogen) atoms. The molecule has 0 bridgehead atoms. The Kier molecular flexibility index (Phi) is 4.07. The summed E-state index contributed by atoms with van der Waals surface area (Å²) < 4.78 is 29.4. The molecule has 10 heteroatoms. The fourth-order valence-corrected chi connectivity index (χ4v) is 5.44. The predicted molar refractivity (Wildman–Crippen MR) is 107 cm³/mol. The van der Waals surface area contributed by atoms with Crippen molar-refractivity contribution in [1.82, 2.24) is 24.0 Å². The van der Waals surface area contributed by atoms with Crippen LogP contribution in [0.5, 0.6) is 0 Å². The monoisotopic (exact) mass is 412 g/mol. The van der Waals surface area contributed by atoms with Gasteiger partial charge in [-0.3, -0.25) is 14.6 Å². The number of aromatic nitrogens is 3. The van der Waals surface area contributed by atoms with E-state index in [9.17, 15) is 13.2 Å². The van der Waals surface area contributed by atoms with E-state index in [-0.39, 0.29) is 17.0 Å². The third-order valence-electron chi connectivity index (χ3n) is 5.53. The molecule has 0 atom stereocenters. The number of rotatable bonds is 4. The van der Waals surface area contributed by atoms with Crippen LogP contribution >= 0.6 is 0 Å². The van der Waals surface area contributed by atoms with Gasteiger partial charge in [0.1, 0.15) is 4.90 Å². The molecule has 2 aromatic heterocycles. The number of benzene rings is 1. The number of likely N-dealkylation sites (N-methyl/N-ethyl adjacent to an activating group) is 1. The van der Waals surface area contributed by atoms with Gasteiger partial charge in [-0.15, -0.1) is 0 Å². The van der Waals surface area contributed by atoms with Crippen molar-refractivity contribution in [1.29, 1.82) is 0 Å². The van der Waals surface area contributed by atoms with E-state index in [1.165, 1.54) is 4.31 Å². The Morgan fingerprint density at radius 2 is 1.90 bits per heavy atom. The van der Waals surface area contributed by atoms with Crippen LogP contribution in [-0.4, -0.2) is 71.6 Å². The summed E-state index contributed by atoms with van der Waals surface area (Å²) >= 11 is 0. The summed E-state index contributed by atoms with van der Waals surface area (Å²) in [7, 11) is -1.87. The SMILES string of the molecule is CN1CCN(c2cnn(C3CN(S(=O)(=O)c4cccc5cccnc45)C3)c2)C1=O. The number of urea groups is 1. The van der Waals surface area contributed by atoms with E-state index in [4.69, 9.17) is 0 Å². The Hall–Kier alpha value is -2.98. The third kappa shape index (κ3) is 2.87. The van der Waals surface area contributed by atoms with Gasteiger partial charge in [-0.05, 0) is 12.1 Å². The van der Waals surface area contributed by atoms with Crippen LogP contribution in [0.4, 0.5) is 10.5 Å². The number of nitrogens with zero attached hydrogens (tertiary/aromatic N) is 6. The number of carbonyl (C=O) groups excluding carboxylic acids is 1. The summed E-state index contributed by atoms with van der Waals surface area (Å²) in [6.07, 6.45) is 5.07. The van der Waals surface area contributed by atoms with Gasteiger partial charge in [0.25, 0.3) is 0 Å². The summed E-state index contributed by atoms with van der Waals surface area (Å²) in [5, 5.41) is 5.15. The molecule has 0 N–H and O–H groups in total. The van der Waals surface area contributed by atoms with Crippen molar-refractivity contribution in [2.45, 2.75) is 10.9 Å². The maximum atomic E-state index is 13.1. The molecular formula is C19H20N6O3S. The Morgan fingerprint density at radius 3 is 2.66 bits per heavy atom. The number of amides is 2. The summed E-state index contributed by atoms with van der Waals surface area (Å²) in [4.78, 5) is 20.0. The molecule has 4 heterocycles. The molecule has 5 rings (SSSR count). The Balaban J connectivity index is 1.34. The van der Waals surface area contributed by atoms with Crippen molar-refractivity contribution in [3.8, 4) is 0 Å².